The Kier molecular flexibility index (Phi) is 3.81. The van der Waals surface area contributed by atoms with Crippen molar-refractivity contribution in [2.75, 3.05) is 10.6 Å². The number of carbonyl (C=O) groups is 2. The van der Waals surface area contributed by atoms with Crippen LogP contribution in [0.25, 0.3) is 0 Å². The van der Waals surface area contributed by atoms with Crippen LogP contribution in [0.3, 0.4) is 0 Å². The number of halogens is 1. The highest BCUT2D eigenvalue weighted by Gasteiger charge is 2.34. The van der Waals surface area contributed by atoms with E-state index in [-0.39, 0.29) is 18.2 Å². The number of aryl methyl sites for hydroxylation is 1. The van der Waals surface area contributed by atoms with E-state index in [0.717, 1.165) is 0 Å². The number of nitrogens with one attached hydrogen (secondary N) is 2. The predicted molar refractivity (Wildman–Crippen MR) is 81.8 cm³/mol. The lowest BCUT2D eigenvalue weighted by atomic mass is 10.2. The maximum atomic E-state index is 12.1. The van der Waals surface area contributed by atoms with Gasteiger partial charge in [-0.05, 0) is 24.3 Å². The highest BCUT2D eigenvalue weighted by molar-refractivity contribution is 6.30. The summed E-state index contributed by atoms with van der Waals surface area (Å²) in [6.07, 6.45) is 0.660. The summed E-state index contributed by atoms with van der Waals surface area (Å²) >= 11 is 5.79. The molecule has 0 saturated heterocycles. The Labute approximate surface area is 131 Å². The van der Waals surface area contributed by atoms with Crippen molar-refractivity contribution in [2.24, 2.45) is 0 Å². The monoisotopic (exact) mass is 319 g/mol. The highest BCUT2D eigenvalue weighted by atomic mass is 35.5. The van der Waals surface area contributed by atoms with Gasteiger partial charge in [-0.25, -0.2) is 4.68 Å². The summed E-state index contributed by atoms with van der Waals surface area (Å²) in [4.78, 5) is 28.2. The van der Waals surface area contributed by atoms with Crippen LogP contribution in [0, 0.1) is 0 Å². The SMILES string of the molecule is CCc1nc2n(n1)[C@H](CC(=O)Nc1ccc(Cl)cc1)C(=O)N2. The molecule has 1 aliphatic heterocycles. The number of fused-ring (bicyclic) bond motifs is 1. The summed E-state index contributed by atoms with van der Waals surface area (Å²) in [5, 5.41) is 10.2. The Balaban J connectivity index is 1.70. The van der Waals surface area contributed by atoms with Crippen molar-refractivity contribution in [1.29, 1.82) is 0 Å². The number of benzene rings is 1. The summed E-state index contributed by atoms with van der Waals surface area (Å²) in [7, 11) is 0. The van der Waals surface area contributed by atoms with Gasteiger partial charge in [0.15, 0.2) is 5.82 Å². The second-order valence-electron chi connectivity index (χ2n) is 4.91. The Morgan fingerprint density at radius 2 is 2.14 bits per heavy atom. The van der Waals surface area contributed by atoms with Crippen LogP contribution in [-0.2, 0) is 16.0 Å². The van der Waals surface area contributed by atoms with E-state index in [1.54, 1.807) is 24.3 Å². The zero-order valence-corrected chi connectivity index (χ0v) is 12.6. The van der Waals surface area contributed by atoms with Crippen LogP contribution in [0.4, 0.5) is 11.6 Å². The third-order valence-corrected chi connectivity index (χ3v) is 3.58. The molecule has 0 fully saturated rings. The van der Waals surface area contributed by atoms with Crippen molar-refractivity contribution in [2.45, 2.75) is 25.8 Å². The molecule has 1 aliphatic rings. The van der Waals surface area contributed by atoms with Crippen LogP contribution in [0.5, 0.6) is 0 Å². The van der Waals surface area contributed by atoms with E-state index >= 15 is 0 Å². The predicted octanol–water partition coefficient (Wildman–Crippen LogP) is 2.02. The van der Waals surface area contributed by atoms with Crippen molar-refractivity contribution in [1.82, 2.24) is 14.8 Å². The number of hydrogen-bond donors (Lipinski definition) is 2. The second-order valence-corrected chi connectivity index (χ2v) is 5.35. The number of amides is 2. The standard InChI is InChI=1S/C14H14ClN5O2/c1-2-11-17-14-18-13(22)10(20(14)19-11)7-12(21)16-9-5-3-8(15)4-6-9/h3-6,10H,2,7H2,1H3,(H,16,21)(H,17,18,19,22)/t10-/m1/s1. The van der Waals surface area contributed by atoms with E-state index in [0.29, 0.717) is 28.9 Å². The molecule has 0 unspecified atom stereocenters. The van der Waals surface area contributed by atoms with Crippen molar-refractivity contribution in [3.63, 3.8) is 0 Å². The quantitative estimate of drug-likeness (QED) is 0.902. The van der Waals surface area contributed by atoms with Crippen LogP contribution < -0.4 is 10.6 Å². The van der Waals surface area contributed by atoms with Gasteiger partial charge in [0, 0.05) is 17.1 Å². The maximum absolute atomic E-state index is 12.1. The number of anilines is 2. The molecule has 22 heavy (non-hydrogen) atoms. The number of aromatic nitrogens is 3. The molecule has 0 bridgehead atoms. The minimum absolute atomic E-state index is 0.00598. The van der Waals surface area contributed by atoms with Crippen molar-refractivity contribution >= 4 is 35.1 Å². The molecule has 2 aromatic rings. The van der Waals surface area contributed by atoms with Gasteiger partial charge >= 0.3 is 0 Å². The van der Waals surface area contributed by atoms with E-state index in [9.17, 15) is 9.59 Å². The average molecular weight is 320 g/mol. The van der Waals surface area contributed by atoms with Crippen molar-refractivity contribution in [3.8, 4) is 0 Å². The lowest BCUT2D eigenvalue weighted by molar-refractivity contribution is -0.123. The van der Waals surface area contributed by atoms with E-state index in [1.165, 1.54) is 4.68 Å². The van der Waals surface area contributed by atoms with E-state index < -0.39 is 6.04 Å². The third-order valence-electron chi connectivity index (χ3n) is 3.33. The fourth-order valence-corrected chi connectivity index (χ4v) is 2.35. The van der Waals surface area contributed by atoms with E-state index in [1.807, 2.05) is 6.92 Å². The van der Waals surface area contributed by atoms with E-state index in [2.05, 4.69) is 20.7 Å². The first-order chi connectivity index (χ1) is 10.6. The minimum atomic E-state index is -0.671. The fraction of sp³-hybridized carbons (Fsp3) is 0.286. The van der Waals surface area contributed by atoms with Gasteiger partial charge in [0.2, 0.25) is 11.9 Å². The number of hydrogen-bond acceptors (Lipinski definition) is 4. The van der Waals surface area contributed by atoms with E-state index in [4.69, 9.17) is 11.6 Å². The van der Waals surface area contributed by atoms with Gasteiger partial charge in [-0.15, -0.1) is 0 Å². The molecule has 1 aromatic carbocycles. The highest BCUT2D eigenvalue weighted by Crippen LogP contribution is 2.25. The first-order valence-electron chi connectivity index (χ1n) is 6.88. The van der Waals surface area contributed by atoms with Crippen molar-refractivity contribution < 1.29 is 9.59 Å². The van der Waals surface area contributed by atoms with Crippen LogP contribution >= 0.6 is 11.6 Å². The zero-order valence-electron chi connectivity index (χ0n) is 11.8. The normalized spacial score (nSPS) is 16.3. The van der Waals surface area contributed by atoms with Crippen molar-refractivity contribution in [3.05, 3.63) is 35.1 Å². The lowest BCUT2D eigenvalue weighted by Crippen LogP contribution is -2.23. The maximum Gasteiger partial charge on any atom is 0.252 e. The molecule has 1 aromatic heterocycles. The molecule has 2 heterocycles. The molecular weight excluding hydrogens is 306 g/mol. The molecule has 0 saturated carbocycles. The van der Waals surface area contributed by atoms with Crippen LogP contribution in [0.2, 0.25) is 5.02 Å². The molecule has 0 aliphatic carbocycles. The molecule has 8 heteroatoms. The molecule has 114 valence electrons. The Morgan fingerprint density at radius 3 is 2.82 bits per heavy atom. The summed E-state index contributed by atoms with van der Waals surface area (Å²) in [5.41, 5.74) is 0.626. The molecule has 0 spiro atoms. The lowest BCUT2D eigenvalue weighted by Gasteiger charge is -2.09. The van der Waals surface area contributed by atoms with Gasteiger partial charge < -0.3 is 5.32 Å². The first kappa shape index (κ1) is 14.5. The van der Waals surface area contributed by atoms with Crippen LogP contribution in [0.1, 0.15) is 25.2 Å². The van der Waals surface area contributed by atoms with Gasteiger partial charge in [0.25, 0.3) is 5.91 Å². The molecule has 7 nitrogen and oxygen atoms in total. The summed E-state index contributed by atoms with van der Waals surface area (Å²) < 4.78 is 1.47. The fourth-order valence-electron chi connectivity index (χ4n) is 2.22. The first-order valence-corrected chi connectivity index (χ1v) is 7.26. The van der Waals surface area contributed by atoms with Crippen LogP contribution in [0.15, 0.2) is 24.3 Å². The average Bonchev–Trinajstić information content (AvgIpc) is 3.00. The topological polar surface area (TPSA) is 88.9 Å². The summed E-state index contributed by atoms with van der Waals surface area (Å²) in [5.74, 6) is 0.483. The second kappa shape index (κ2) is 5.76. The molecule has 2 amide bonds. The van der Waals surface area contributed by atoms with Crippen LogP contribution in [-0.4, -0.2) is 26.6 Å². The number of carbonyl (C=O) groups excluding carboxylic acids is 2. The Morgan fingerprint density at radius 1 is 1.41 bits per heavy atom. The third kappa shape index (κ3) is 2.80. The largest absolute Gasteiger partial charge is 0.326 e. The molecule has 1 atom stereocenters. The minimum Gasteiger partial charge on any atom is -0.326 e. The summed E-state index contributed by atoms with van der Waals surface area (Å²) in [6.45, 7) is 1.93. The summed E-state index contributed by atoms with van der Waals surface area (Å²) in [6, 6.07) is 6.09. The number of nitrogens with zero attached hydrogens (tertiary/aromatic N) is 3. The molecule has 2 N–H and O–H groups in total. The molecular formula is C14H14ClN5O2. The van der Waals surface area contributed by atoms with Gasteiger partial charge in [0.1, 0.15) is 6.04 Å². The smallest absolute Gasteiger partial charge is 0.252 e. The Bertz CT molecular complexity index is 725. The van der Waals surface area contributed by atoms with Gasteiger partial charge in [-0.1, -0.05) is 18.5 Å². The van der Waals surface area contributed by atoms with Gasteiger partial charge in [-0.3, -0.25) is 14.9 Å². The number of rotatable bonds is 4. The van der Waals surface area contributed by atoms with Gasteiger partial charge in [0.05, 0.1) is 6.42 Å². The van der Waals surface area contributed by atoms with Gasteiger partial charge in [-0.2, -0.15) is 10.1 Å². The Hall–Kier alpha value is -2.41. The molecule has 0 radical (unpaired) electrons. The molecule has 3 rings (SSSR count). The zero-order chi connectivity index (χ0) is 15.7.